The molecule has 94 valence electrons. The molecule has 0 saturated heterocycles. The number of aliphatic hydroxyl groups is 1. The zero-order valence-corrected chi connectivity index (χ0v) is 11.0. The van der Waals surface area contributed by atoms with Crippen LogP contribution in [0.2, 0.25) is 5.02 Å². The molecule has 3 heteroatoms. The van der Waals surface area contributed by atoms with Crippen LogP contribution < -0.4 is 5.73 Å². The molecule has 3 N–H and O–H groups in total. The standard InChI is InChI=1S/C14H20ClNO/c1-10-5-6-14(8-10,9-16)13(17)11-3-2-4-12(15)7-11/h2-4,7,10,13,17H,5-6,8-9,16H2,1H3. The predicted molar refractivity (Wildman–Crippen MR) is 70.9 cm³/mol. The Balaban J connectivity index is 2.26. The van der Waals surface area contributed by atoms with Crippen LogP contribution in [0.15, 0.2) is 24.3 Å². The van der Waals surface area contributed by atoms with Gasteiger partial charge in [-0.15, -0.1) is 0 Å². The molecule has 1 saturated carbocycles. The van der Waals surface area contributed by atoms with E-state index >= 15 is 0 Å². The second kappa shape index (κ2) is 4.97. The van der Waals surface area contributed by atoms with E-state index in [1.54, 1.807) is 0 Å². The smallest absolute Gasteiger partial charge is 0.0858 e. The average Bonchev–Trinajstić information content (AvgIpc) is 2.71. The summed E-state index contributed by atoms with van der Waals surface area (Å²) in [4.78, 5) is 0. The minimum atomic E-state index is -0.504. The van der Waals surface area contributed by atoms with Crippen LogP contribution in [0.4, 0.5) is 0 Å². The van der Waals surface area contributed by atoms with Crippen molar-refractivity contribution in [3.05, 3.63) is 34.9 Å². The minimum absolute atomic E-state index is 0.163. The Morgan fingerprint density at radius 1 is 1.59 bits per heavy atom. The van der Waals surface area contributed by atoms with Gasteiger partial charge in [0.15, 0.2) is 0 Å². The van der Waals surface area contributed by atoms with Crippen LogP contribution in [0.3, 0.4) is 0 Å². The van der Waals surface area contributed by atoms with Crippen molar-refractivity contribution in [3.8, 4) is 0 Å². The molecule has 0 aliphatic heterocycles. The predicted octanol–water partition coefficient (Wildman–Crippen LogP) is 3.14. The molecule has 0 amide bonds. The first-order valence-electron chi connectivity index (χ1n) is 6.21. The van der Waals surface area contributed by atoms with Gasteiger partial charge in [-0.3, -0.25) is 0 Å². The monoisotopic (exact) mass is 253 g/mol. The fourth-order valence-corrected chi connectivity index (χ4v) is 3.21. The Kier molecular flexibility index (Phi) is 3.76. The van der Waals surface area contributed by atoms with Crippen molar-refractivity contribution < 1.29 is 5.11 Å². The second-order valence-electron chi connectivity index (χ2n) is 5.37. The van der Waals surface area contributed by atoms with Gasteiger partial charge in [-0.1, -0.05) is 37.1 Å². The summed E-state index contributed by atoms with van der Waals surface area (Å²) >= 11 is 5.97. The quantitative estimate of drug-likeness (QED) is 0.869. The first-order valence-corrected chi connectivity index (χ1v) is 6.59. The number of hydrogen-bond acceptors (Lipinski definition) is 2. The summed E-state index contributed by atoms with van der Waals surface area (Å²) in [6.07, 6.45) is 2.64. The molecule has 3 atom stereocenters. The summed E-state index contributed by atoms with van der Waals surface area (Å²) in [6, 6.07) is 7.47. The fraction of sp³-hybridized carbons (Fsp3) is 0.571. The molecule has 0 radical (unpaired) electrons. The number of aliphatic hydroxyl groups excluding tert-OH is 1. The molecule has 1 aliphatic carbocycles. The van der Waals surface area contributed by atoms with Crippen LogP contribution >= 0.6 is 11.6 Å². The summed E-state index contributed by atoms with van der Waals surface area (Å²) in [5.74, 6) is 0.646. The molecule has 1 aliphatic rings. The van der Waals surface area contributed by atoms with E-state index in [-0.39, 0.29) is 5.41 Å². The van der Waals surface area contributed by atoms with Gasteiger partial charge < -0.3 is 10.8 Å². The maximum Gasteiger partial charge on any atom is 0.0858 e. The lowest BCUT2D eigenvalue weighted by molar-refractivity contribution is 0.0308. The number of rotatable bonds is 3. The largest absolute Gasteiger partial charge is 0.388 e. The summed E-state index contributed by atoms with van der Waals surface area (Å²) in [7, 11) is 0. The van der Waals surface area contributed by atoms with Crippen LogP contribution in [0.1, 0.15) is 37.9 Å². The van der Waals surface area contributed by atoms with Crippen molar-refractivity contribution in [1.82, 2.24) is 0 Å². The van der Waals surface area contributed by atoms with Gasteiger partial charge in [0, 0.05) is 17.0 Å². The molecule has 3 unspecified atom stereocenters. The Bertz CT molecular complexity index is 396. The van der Waals surface area contributed by atoms with Crippen LogP contribution in [-0.4, -0.2) is 11.7 Å². The molecule has 0 bridgehead atoms. The van der Waals surface area contributed by atoms with Gasteiger partial charge in [0.05, 0.1) is 6.10 Å². The first kappa shape index (κ1) is 12.9. The highest BCUT2D eigenvalue weighted by Gasteiger charge is 2.42. The molecule has 2 rings (SSSR count). The number of halogens is 1. The Hall–Kier alpha value is -0.570. The van der Waals surface area contributed by atoms with Crippen LogP contribution in [-0.2, 0) is 0 Å². The van der Waals surface area contributed by atoms with E-state index in [1.807, 2.05) is 24.3 Å². The van der Waals surface area contributed by atoms with Crippen LogP contribution in [0, 0.1) is 11.3 Å². The molecule has 0 spiro atoms. The molecule has 1 aromatic rings. The third kappa shape index (κ3) is 2.49. The average molecular weight is 254 g/mol. The van der Waals surface area contributed by atoms with Gasteiger partial charge in [-0.05, 0) is 36.5 Å². The molecule has 0 heterocycles. The van der Waals surface area contributed by atoms with Crippen molar-refractivity contribution in [2.24, 2.45) is 17.1 Å². The SMILES string of the molecule is CC1CCC(CN)(C(O)c2cccc(Cl)c2)C1. The molecule has 2 nitrogen and oxygen atoms in total. The van der Waals surface area contributed by atoms with Gasteiger partial charge in [0.1, 0.15) is 0 Å². The fourth-order valence-electron chi connectivity index (χ4n) is 3.01. The van der Waals surface area contributed by atoms with Gasteiger partial charge in [-0.25, -0.2) is 0 Å². The highest BCUT2D eigenvalue weighted by atomic mass is 35.5. The van der Waals surface area contributed by atoms with E-state index in [2.05, 4.69) is 6.92 Å². The molecular formula is C14H20ClNO. The Labute approximate surface area is 108 Å². The van der Waals surface area contributed by atoms with Crippen molar-refractivity contribution in [1.29, 1.82) is 0 Å². The zero-order valence-electron chi connectivity index (χ0n) is 10.2. The van der Waals surface area contributed by atoms with Crippen LogP contribution in [0.5, 0.6) is 0 Å². The molecule has 17 heavy (non-hydrogen) atoms. The molecule has 1 aromatic carbocycles. The molecule has 1 fully saturated rings. The first-order chi connectivity index (χ1) is 8.07. The summed E-state index contributed by atoms with van der Waals surface area (Å²) in [5, 5.41) is 11.2. The number of benzene rings is 1. The van der Waals surface area contributed by atoms with Crippen molar-refractivity contribution in [2.45, 2.75) is 32.3 Å². The zero-order chi connectivity index (χ0) is 12.5. The van der Waals surface area contributed by atoms with E-state index in [0.717, 1.165) is 24.8 Å². The summed E-state index contributed by atoms with van der Waals surface area (Å²) in [6.45, 7) is 2.76. The van der Waals surface area contributed by atoms with E-state index < -0.39 is 6.10 Å². The lowest BCUT2D eigenvalue weighted by Gasteiger charge is -2.33. The third-order valence-electron chi connectivity index (χ3n) is 4.04. The third-order valence-corrected chi connectivity index (χ3v) is 4.28. The lowest BCUT2D eigenvalue weighted by atomic mass is 9.77. The number of nitrogens with two attached hydrogens (primary N) is 1. The lowest BCUT2D eigenvalue weighted by Crippen LogP contribution is -2.34. The van der Waals surface area contributed by atoms with Gasteiger partial charge in [0.2, 0.25) is 0 Å². The van der Waals surface area contributed by atoms with Crippen molar-refractivity contribution in [2.75, 3.05) is 6.54 Å². The van der Waals surface area contributed by atoms with Gasteiger partial charge in [0.25, 0.3) is 0 Å². The maximum absolute atomic E-state index is 10.6. The summed E-state index contributed by atoms with van der Waals surface area (Å²) in [5.41, 5.74) is 6.64. The van der Waals surface area contributed by atoms with Gasteiger partial charge in [-0.2, -0.15) is 0 Å². The van der Waals surface area contributed by atoms with Crippen molar-refractivity contribution in [3.63, 3.8) is 0 Å². The van der Waals surface area contributed by atoms with E-state index in [0.29, 0.717) is 17.5 Å². The second-order valence-corrected chi connectivity index (χ2v) is 5.81. The van der Waals surface area contributed by atoms with Crippen molar-refractivity contribution >= 4 is 11.6 Å². The Morgan fingerprint density at radius 3 is 2.88 bits per heavy atom. The van der Waals surface area contributed by atoms with E-state index in [1.165, 1.54) is 0 Å². The Morgan fingerprint density at radius 2 is 2.35 bits per heavy atom. The highest BCUT2D eigenvalue weighted by Crippen LogP contribution is 2.49. The number of hydrogen-bond donors (Lipinski definition) is 2. The van der Waals surface area contributed by atoms with Gasteiger partial charge >= 0.3 is 0 Å². The van der Waals surface area contributed by atoms with E-state index in [9.17, 15) is 5.11 Å². The molecular weight excluding hydrogens is 234 g/mol. The van der Waals surface area contributed by atoms with E-state index in [4.69, 9.17) is 17.3 Å². The highest BCUT2D eigenvalue weighted by molar-refractivity contribution is 6.30. The molecule has 0 aromatic heterocycles. The topological polar surface area (TPSA) is 46.2 Å². The minimum Gasteiger partial charge on any atom is -0.388 e. The maximum atomic E-state index is 10.6. The van der Waals surface area contributed by atoms with Crippen LogP contribution in [0.25, 0.3) is 0 Å². The summed E-state index contributed by atoms with van der Waals surface area (Å²) < 4.78 is 0. The normalized spacial score (nSPS) is 30.5.